The molecule has 0 bridgehead atoms. The van der Waals surface area contributed by atoms with E-state index in [1.54, 1.807) is 18.7 Å². The molecular weight excluding hydrogens is 335 g/mol. The van der Waals surface area contributed by atoms with Crippen LogP contribution in [-0.2, 0) is 45.5 Å². The maximum absolute atomic E-state index is 11.3. The monoisotopic (exact) mass is 343 g/mol. The molecule has 0 amide bonds. The predicted molar refractivity (Wildman–Crippen MR) is 57.7 cm³/mol. The SMILES string of the molecule is Cn1cnc2c1c(=O)[nH]c(=O)n2C.O=S(=O)([O-])[O-].[O]=[V+2]. The van der Waals surface area contributed by atoms with Crippen LogP contribution in [0, 0.1) is 0 Å². The van der Waals surface area contributed by atoms with Gasteiger partial charge in [-0.05, 0) is 0 Å². The Morgan fingerprint density at radius 2 is 1.70 bits per heavy atom. The summed E-state index contributed by atoms with van der Waals surface area (Å²) in [6, 6.07) is 0. The third-order valence-corrected chi connectivity index (χ3v) is 1.98. The van der Waals surface area contributed by atoms with Crippen LogP contribution in [0.15, 0.2) is 15.9 Å². The minimum atomic E-state index is -5.17. The van der Waals surface area contributed by atoms with E-state index in [2.05, 4.69) is 9.97 Å². The fourth-order valence-electron chi connectivity index (χ4n) is 1.26. The zero-order valence-electron chi connectivity index (χ0n) is 10.1. The Labute approximate surface area is 121 Å². The average Bonchev–Trinajstić information content (AvgIpc) is 2.69. The molecule has 0 radical (unpaired) electrons. The molecule has 2 aromatic heterocycles. The topological polar surface area (TPSA) is 170 Å². The fourth-order valence-corrected chi connectivity index (χ4v) is 1.26. The van der Waals surface area contributed by atoms with Crippen molar-refractivity contribution in [3.8, 4) is 0 Å². The number of H-pyrrole nitrogens is 1. The average molecular weight is 343 g/mol. The summed E-state index contributed by atoms with van der Waals surface area (Å²) >= 11 is 1.06. The van der Waals surface area contributed by atoms with Crippen molar-refractivity contribution in [2.45, 2.75) is 0 Å². The van der Waals surface area contributed by atoms with E-state index >= 15 is 0 Å². The normalized spacial score (nSPS) is 10.3. The molecule has 0 saturated carbocycles. The zero-order valence-corrected chi connectivity index (χ0v) is 12.3. The van der Waals surface area contributed by atoms with Gasteiger partial charge in [0.1, 0.15) is 0 Å². The van der Waals surface area contributed by atoms with Gasteiger partial charge >= 0.3 is 26.7 Å². The van der Waals surface area contributed by atoms with Crippen LogP contribution in [0.4, 0.5) is 0 Å². The van der Waals surface area contributed by atoms with Crippen LogP contribution in [0.3, 0.4) is 0 Å². The maximum atomic E-state index is 11.3. The molecular formula is C7H8N4O7SV. The molecule has 2 rings (SSSR count). The van der Waals surface area contributed by atoms with Crippen molar-refractivity contribution in [2.75, 3.05) is 0 Å². The van der Waals surface area contributed by atoms with Gasteiger partial charge in [0.25, 0.3) is 5.56 Å². The van der Waals surface area contributed by atoms with Crippen LogP contribution in [0.5, 0.6) is 0 Å². The van der Waals surface area contributed by atoms with Gasteiger partial charge in [0, 0.05) is 24.5 Å². The van der Waals surface area contributed by atoms with Gasteiger partial charge in [-0.3, -0.25) is 22.8 Å². The second kappa shape index (κ2) is 7.26. The molecule has 0 saturated heterocycles. The third kappa shape index (κ3) is 5.18. The summed E-state index contributed by atoms with van der Waals surface area (Å²) in [5.41, 5.74) is -0.0485. The van der Waals surface area contributed by atoms with Crippen molar-refractivity contribution >= 4 is 21.6 Å². The van der Waals surface area contributed by atoms with Gasteiger partial charge in [-0.1, -0.05) is 0 Å². The first kappa shape index (κ1) is 18.4. The van der Waals surface area contributed by atoms with Crippen molar-refractivity contribution in [1.29, 1.82) is 0 Å². The van der Waals surface area contributed by atoms with Crippen molar-refractivity contribution in [3.05, 3.63) is 27.2 Å². The molecule has 0 atom stereocenters. The number of nitrogens with zero attached hydrogens (tertiary/aromatic N) is 3. The quantitative estimate of drug-likeness (QED) is 0.404. The Balaban J connectivity index is 0.000000441. The molecule has 11 nitrogen and oxygen atoms in total. The van der Waals surface area contributed by atoms with Crippen molar-refractivity contribution in [2.24, 2.45) is 14.1 Å². The van der Waals surface area contributed by atoms with Crippen LogP contribution < -0.4 is 11.2 Å². The third-order valence-electron chi connectivity index (χ3n) is 1.98. The Hall–Kier alpha value is -1.60. The second-order valence-electron chi connectivity index (χ2n) is 3.25. The molecule has 109 valence electrons. The predicted octanol–water partition coefficient (Wildman–Crippen LogP) is -2.50. The Bertz CT molecular complexity index is 797. The number of fused-ring (bicyclic) bond motifs is 1. The molecule has 0 aromatic carbocycles. The van der Waals surface area contributed by atoms with Gasteiger partial charge in [0.15, 0.2) is 11.2 Å². The summed E-state index contributed by atoms with van der Waals surface area (Å²) in [7, 11) is -1.90. The summed E-state index contributed by atoms with van der Waals surface area (Å²) in [5, 5.41) is 0. The van der Waals surface area contributed by atoms with E-state index in [1.807, 2.05) is 0 Å². The van der Waals surface area contributed by atoms with E-state index in [-0.39, 0.29) is 0 Å². The van der Waals surface area contributed by atoms with Crippen LogP contribution in [0.25, 0.3) is 11.2 Å². The molecule has 0 aliphatic rings. The summed E-state index contributed by atoms with van der Waals surface area (Å²) in [5.74, 6) is 0. The fraction of sp³-hybridized carbons (Fsp3) is 0.286. The van der Waals surface area contributed by atoms with Crippen molar-refractivity contribution in [3.63, 3.8) is 0 Å². The van der Waals surface area contributed by atoms with Crippen molar-refractivity contribution < 1.29 is 38.6 Å². The Kier molecular flexibility index (Phi) is 6.68. The van der Waals surface area contributed by atoms with E-state index < -0.39 is 21.6 Å². The number of aromatic nitrogens is 4. The molecule has 2 heterocycles. The van der Waals surface area contributed by atoms with E-state index in [9.17, 15) is 9.59 Å². The molecule has 13 heteroatoms. The molecule has 2 aromatic rings. The van der Waals surface area contributed by atoms with Crippen LogP contribution >= 0.6 is 0 Å². The first-order valence-corrected chi connectivity index (χ1v) is 6.47. The number of imidazole rings is 1. The Morgan fingerprint density at radius 3 is 2.15 bits per heavy atom. The van der Waals surface area contributed by atoms with E-state index in [1.165, 1.54) is 10.9 Å². The standard InChI is InChI=1S/C7H8N4O2.H2O4S.O.V/c1-10-3-8-5-4(10)6(12)9-7(13)11(5)2;1-5(2,3)4;;/h3H,1-2H3,(H,9,12,13);(H2,1,2,3,4);;/q;;;+2/p-2. The summed E-state index contributed by atoms with van der Waals surface area (Å²) < 4.78 is 45.2. The van der Waals surface area contributed by atoms with E-state index in [4.69, 9.17) is 21.2 Å². The van der Waals surface area contributed by atoms with Gasteiger partial charge in [-0.2, -0.15) is 0 Å². The molecule has 0 aliphatic carbocycles. The number of rotatable bonds is 0. The number of hydrogen-bond acceptors (Lipinski definition) is 8. The number of aryl methyl sites for hydroxylation is 2. The molecule has 0 aliphatic heterocycles. The van der Waals surface area contributed by atoms with Crippen LogP contribution in [0.2, 0.25) is 0 Å². The molecule has 0 fully saturated rings. The Morgan fingerprint density at radius 1 is 1.25 bits per heavy atom. The van der Waals surface area contributed by atoms with Crippen LogP contribution in [0.1, 0.15) is 0 Å². The van der Waals surface area contributed by atoms with Crippen molar-refractivity contribution in [1.82, 2.24) is 19.1 Å². The van der Waals surface area contributed by atoms with E-state index in [0.717, 1.165) is 17.4 Å². The first-order chi connectivity index (χ1) is 9.11. The van der Waals surface area contributed by atoms with Gasteiger partial charge < -0.3 is 13.7 Å². The van der Waals surface area contributed by atoms with E-state index in [0.29, 0.717) is 11.2 Å². The summed E-state index contributed by atoms with van der Waals surface area (Å²) in [6.07, 6.45) is 1.50. The summed E-state index contributed by atoms with van der Waals surface area (Å²) in [6.45, 7) is 0. The molecule has 0 spiro atoms. The number of aromatic amines is 1. The first-order valence-electron chi connectivity index (χ1n) is 4.56. The van der Waals surface area contributed by atoms with Gasteiger partial charge in [0.05, 0.1) is 6.33 Å². The van der Waals surface area contributed by atoms with Gasteiger partial charge in [-0.25, -0.2) is 9.78 Å². The number of hydrogen-bond donors (Lipinski definition) is 1. The van der Waals surface area contributed by atoms with Gasteiger partial charge in [0.2, 0.25) is 0 Å². The number of nitrogens with one attached hydrogen (secondary N) is 1. The second-order valence-corrected chi connectivity index (χ2v) is 4.07. The zero-order chi connectivity index (χ0) is 16.1. The molecule has 0 unspecified atom stereocenters. The van der Waals surface area contributed by atoms with Gasteiger partial charge in [-0.15, -0.1) is 0 Å². The molecule has 1 N–H and O–H groups in total. The summed E-state index contributed by atoms with van der Waals surface area (Å²) in [4.78, 5) is 28.6. The minimum absolute atomic E-state index is 0.399. The molecule has 20 heavy (non-hydrogen) atoms. The van der Waals surface area contributed by atoms with Crippen LogP contribution in [-0.4, -0.2) is 36.6 Å².